The van der Waals surface area contributed by atoms with Crippen molar-refractivity contribution in [2.45, 2.75) is 45.3 Å². The van der Waals surface area contributed by atoms with E-state index < -0.39 is 23.3 Å². The van der Waals surface area contributed by atoms with Crippen molar-refractivity contribution < 1.29 is 23.8 Å². The molecule has 1 unspecified atom stereocenters. The fourth-order valence-electron chi connectivity index (χ4n) is 2.53. The average Bonchev–Trinajstić information content (AvgIpc) is 2.89. The van der Waals surface area contributed by atoms with Crippen LogP contribution < -0.4 is 5.32 Å². The molecule has 7 heteroatoms. The Morgan fingerprint density at radius 1 is 1.42 bits per heavy atom. The van der Waals surface area contributed by atoms with Gasteiger partial charge in [-0.15, -0.1) is 0 Å². The van der Waals surface area contributed by atoms with Crippen molar-refractivity contribution in [2.24, 2.45) is 0 Å². The summed E-state index contributed by atoms with van der Waals surface area (Å²) in [6, 6.07) is 3.71. The summed E-state index contributed by atoms with van der Waals surface area (Å²) in [6.45, 7) is 6.30. The minimum atomic E-state index is -0.714. The third-order valence-electron chi connectivity index (χ3n) is 3.63. The Morgan fingerprint density at radius 2 is 2.12 bits per heavy atom. The molecule has 1 saturated heterocycles. The summed E-state index contributed by atoms with van der Waals surface area (Å²) < 4.78 is 18.2. The van der Waals surface area contributed by atoms with Crippen LogP contribution in [0.3, 0.4) is 0 Å². The third-order valence-corrected chi connectivity index (χ3v) is 3.63. The van der Waals surface area contributed by atoms with Crippen LogP contribution in [0.2, 0.25) is 0 Å². The number of benzene rings is 1. The monoisotopic (exact) mass is 338 g/mol. The number of phenols is 1. The number of halogens is 1. The maximum absolute atomic E-state index is 13.0. The summed E-state index contributed by atoms with van der Waals surface area (Å²) in [5.41, 5.74) is -0.0228. The number of alkyl carbamates (subject to hydrolysis) is 1. The molecule has 2 amide bonds. The molecule has 1 aliphatic rings. The van der Waals surface area contributed by atoms with Gasteiger partial charge in [0.25, 0.3) is 0 Å². The van der Waals surface area contributed by atoms with Crippen LogP contribution in [0.15, 0.2) is 18.2 Å². The Labute approximate surface area is 140 Å². The second-order valence-electron chi connectivity index (χ2n) is 6.93. The van der Waals surface area contributed by atoms with E-state index in [0.29, 0.717) is 25.1 Å². The van der Waals surface area contributed by atoms with Crippen molar-refractivity contribution in [2.75, 3.05) is 13.1 Å². The molecule has 0 saturated carbocycles. The predicted octanol–water partition coefficient (Wildman–Crippen LogP) is 2.20. The minimum Gasteiger partial charge on any atom is -0.505 e. The SMILES string of the molecule is CC(C)(C)OC(=O)NC1CCN(C(=O)Cc2ccc(F)c(O)c2)C1. The summed E-state index contributed by atoms with van der Waals surface area (Å²) in [5, 5.41) is 12.1. The summed E-state index contributed by atoms with van der Waals surface area (Å²) >= 11 is 0. The first-order valence-corrected chi connectivity index (χ1v) is 7.89. The molecule has 24 heavy (non-hydrogen) atoms. The van der Waals surface area contributed by atoms with Gasteiger partial charge in [0.05, 0.1) is 12.5 Å². The maximum Gasteiger partial charge on any atom is 0.407 e. The fraction of sp³-hybridized carbons (Fsp3) is 0.529. The molecule has 0 spiro atoms. The Morgan fingerprint density at radius 3 is 2.75 bits per heavy atom. The van der Waals surface area contributed by atoms with Crippen LogP contribution in [0.4, 0.5) is 9.18 Å². The van der Waals surface area contributed by atoms with E-state index in [2.05, 4.69) is 5.32 Å². The van der Waals surface area contributed by atoms with E-state index in [4.69, 9.17) is 4.74 Å². The zero-order chi connectivity index (χ0) is 17.9. The molecule has 1 fully saturated rings. The normalized spacial score (nSPS) is 17.7. The molecule has 0 aromatic heterocycles. The molecule has 0 radical (unpaired) electrons. The van der Waals surface area contributed by atoms with E-state index in [0.717, 1.165) is 6.07 Å². The molecule has 1 atom stereocenters. The van der Waals surface area contributed by atoms with Gasteiger partial charge < -0.3 is 20.1 Å². The van der Waals surface area contributed by atoms with Crippen molar-refractivity contribution in [3.05, 3.63) is 29.6 Å². The van der Waals surface area contributed by atoms with E-state index in [1.807, 2.05) is 0 Å². The van der Waals surface area contributed by atoms with Gasteiger partial charge in [0.15, 0.2) is 11.6 Å². The molecular weight excluding hydrogens is 315 g/mol. The van der Waals surface area contributed by atoms with E-state index in [1.54, 1.807) is 25.7 Å². The molecule has 1 aliphatic heterocycles. The Hall–Kier alpha value is -2.31. The van der Waals surface area contributed by atoms with Gasteiger partial charge in [0.2, 0.25) is 5.91 Å². The fourth-order valence-corrected chi connectivity index (χ4v) is 2.53. The molecule has 6 nitrogen and oxygen atoms in total. The number of carbonyl (C=O) groups excluding carboxylic acids is 2. The van der Waals surface area contributed by atoms with Gasteiger partial charge in [-0.1, -0.05) is 6.07 Å². The molecular formula is C17H23FN2O4. The van der Waals surface area contributed by atoms with Crippen molar-refractivity contribution in [1.82, 2.24) is 10.2 Å². The number of nitrogens with zero attached hydrogens (tertiary/aromatic N) is 1. The highest BCUT2D eigenvalue weighted by Crippen LogP contribution is 2.19. The molecule has 0 bridgehead atoms. The first kappa shape index (κ1) is 18.0. The Bertz CT molecular complexity index is 628. The maximum atomic E-state index is 13.0. The van der Waals surface area contributed by atoms with Gasteiger partial charge >= 0.3 is 6.09 Å². The number of amides is 2. The van der Waals surface area contributed by atoms with Crippen LogP contribution in [0.1, 0.15) is 32.8 Å². The number of nitrogens with one attached hydrogen (secondary N) is 1. The van der Waals surface area contributed by atoms with Crippen LogP contribution in [0, 0.1) is 5.82 Å². The van der Waals surface area contributed by atoms with Crippen LogP contribution in [0.25, 0.3) is 0 Å². The molecule has 0 aliphatic carbocycles. The number of hydrogen-bond acceptors (Lipinski definition) is 4. The van der Waals surface area contributed by atoms with E-state index in [1.165, 1.54) is 12.1 Å². The second kappa shape index (κ2) is 7.07. The van der Waals surface area contributed by atoms with Crippen molar-refractivity contribution >= 4 is 12.0 Å². The molecule has 1 aromatic carbocycles. The summed E-state index contributed by atoms with van der Waals surface area (Å²) in [5.74, 6) is -1.31. The lowest BCUT2D eigenvalue weighted by Crippen LogP contribution is -2.41. The number of carbonyl (C=O) groups is 2. The first-order valence-electron chi connectivity index (χ1n) is 7.89. The highest BCUT2D eigenvalue weighted by molar-refractivity contribution is 5.79. The lowest BCUT2D eigenvalue weighted by atomic mass is 10.1. The van der Waals surface area contributed by atoms with E-state index in [-0.39, 0.29) is 18.4 Å². The quantitative estimate of drug-likeness (QED) is 0.885. The van der Waals surface area contributed by atoms with Gasteiger partial charge in [-0.05, 0) is 44.9 Å². The zero-order valence-electron chi connectivity index (χ0n) is 14.1. The Balaban J connectivity index is 1.85. The topological polar surface area (TPSA) is 78.9 Å². The number of aromatic hydroxyl groups is 1. The number of likely N-dealkylation sites (tertiary alicyclic amines) is 1. The number of phenolic OH excluding ortho intramolecular Hbond substituents is 1. The van der Waals surface area contributed by atoms with Gasteiger partial charge in [0.1, 0.15) is 5.60 Å². The largest absolute Gasteiger partial charge is 0.505 e. The zero-order valence-corrected chi connectivity index (χ0v) is 14.1. The number of ether oxygens (including phenoxy) is 1. The minimum absolute atomic E-state index is 0.0764. The number of hydrogen-bond donors (Lipinski definition) is 2. The lowest BCUT2D eigenvalue weighted by molar-refractivity contribution is -0.129. The van der Waals surface area contributed by atoms with Crippen molar-refractivity contribution in [3.63, 3.8) is 0 Å². The smallest absolute Gasteiger partial charge is 0.407 e. The molecule has 1 heterocycles. The van der Waals surface area contributed by atoms with Crippen molar-refractivity contribution in [1.29, 1.82) is 0 Å². The second-order valence-corrected chi connectivity index (χ2v) is 6.93. The van der Waals surface area contributed by atoms with Gasteiger partial charge in [-0.3, -0.25) is 4.79 Å². The lowest BCUT2D eigenvalue weighted by Gasteiger charge is -2.22. The first-order chi connectivity index (χ1) is 11.1. The highest BCUT2D eigenvalue weighted by Gasteiger charge is 2.28. The molecule has 2 N–H and O–H groups in total. The van der Waals surface area contributed by atoms with E-state index in [9.17, 15) is 19.1 Å². The molecule has 2 rings (SSSR count). The summed E-state index contributed by atoms with van der Waals surface area (Å²) in [6.07, 6.45) is 0.234. The van der Waals surface area contributed by atoms with Gasteiger partial charge in [0, 0.05) is 13.1 Å². The van der Waals surface area contributed by atoms with Crippen LogP contribution in [0.5, 0.6) is 5.75 Å². The number of rotatable bonds is 3. The third kappa shape index (κ3) is 5.11. The van der Waals surface area contributed by atoms with Crippen molar-refractivity contribution in [3.8, 4) is 5.75 Å². The predicted molar refractivity (Wildman–Crippen MR) is 86.1 cm³/mol. The summed E-state index contributed by atoms with van der Waals surface area (Å²) in [7, 11) is 0. The standard InChI is InChI=1S/C17H23FN2O4/c1-17(2,3)24-16(23)19-12-6-7-20(10-12)15(22)9-11-4-5-13(18)14(21)8-11/h4-5,8,12,21H,6-7,9-10H2,1-3H3,(H,19,23). The van der Waals surface area contributed by atoms with Gasteiger partial charge in [-0.25, -0.2) is 9.18 Å². The van der Waals surface area contributed by atoms with Crippen LogP contribution in [-0.4, -0.2) is 46.7 Å². The molecule has 132 valence electrons. The highest BCUT2D eigenvalue weighted by atomic mass is 19.1. The van der Waals surface area contributed by atoms with E-state index >= 15 is 0 Å². The van der Waals surface area contributed by atoms with Crippen LogP contribution >= 0.6 is 0 Å². The molecule has 1 aromatic rings. The Kier molecular flexibility index (Phi) is 5.31. The summed E-state index contributed by atoms with van der Waals surface area (Å²) in [4.78, 5) is 25.7. The average molecular weight is 338 g/mol. The van der Waals surface area contributed by atoms with Gasteiger partial charge in [-0.2, -0.15) is 0 Å². The van der Waals surface area contributed by atoms with Crippen LogP contribution in [-0.2, 0) is 16.0 Å².